The summed E-state index contributed by atoms with van der Waals surface area (Å²) in [7, 11) is 0. The number of nitrogen functional groups attached to an aromatic ring is 1. The number of hydrogen-bond donors (Lipinski definition) is 1. The average molecular weight is 280 g/mol. The number of anilines is 1. The van der Waals surface area contributed by atoms with Gasteiger partial charge >= 0.3 is 6.09 Å². The zero-order valence-corrected chi connectivity index (χ0v) is 12.1. The maximum Gasteiger partial charge on any atom is 0.410 e. The lowest BCUT2D eigenvalue weighted by Crippen LogP contribution is -2.35. The van der Waals surface area contributed by atoms with Crippen molar-refractivity contribution < 1.29 is 13.9 Å². The molecule has 0 spiro atoms. The summed E-state index contributed by atoms with van der Waals surface area (Å²) < 4.78 is 19.2. The largest absolute Gasteiger partial charge is 0.444 e. The Morgan fingerprint density at radius 3 is 2.75 bits per heavy atom. The van der Waals surface area contributed by atoms with Crippen LogP contribution in [0.5, 0.6) is 0 Å². The number of benzene rings is 1. The molecule has 1 aliphatic rings. The number of carbonyl (C=O) groups excluding carboxylic acids is 1. The summed E-state index contributed by atoms with van der Waals surface area (Å²) in [6.07, 6.45) is 0.399. The van der Waals surface area contributed by atoms with Gasteiger partial charge in [0.15, 0.2) is 0 Å². The summed E-state index contributed by atoms with van der Waals surface area (Å²) in [6.45, 7) is 6.56. The molecule has 0 aliphatic carbocycles. The lowest BCUT2D eigenvalue weighted by atomic mass is 9.97. The van der Waals surface area contributed by atoms with Crippen LogP contribution in [-0.2, 0) is 4.74 Å². The number of nitrogens with two attached hydrogens (primary N) is 1. The third-order valence-corrected chi connectivity index (χ3v) is 3.30. The van der Waals surface area contributed by atoms with Gasteiger partial charge in [0.05, 0.1) is 0 Å². The maximum absolute atomic E-state index is 13.9. The highest BCUT2D eigenvalue weighted by molar-refractivity contribution is 5.68. The van der Waals surface area contributed by atoms with Crippen molar-refractivity contribution in [3.05, 3.63) is 29.6 Å². The van der Waals surface area contributed by atoms with Crippen LogP contribution in [0.1, 0.15) is 38.7 Å². The number of carbonyl (C=O) groups is 1. The first-order valence-corrected chi connectivity index (χ1v) is 6.79. The SMILES string of the molecule is CC(C)(C)OC(=O)N1CCC(c2ccc(N)cc2F)C1. The first-order chi connectivity index (χ1) is 9.26. The average Bonchev–Trinajstić information content (AvgIpc) is 2.75. The van der Waals surface area contributed by atoms with Gasteiger partial charge in [0, 0.05) is 24.7 Å². The van der Waals surface area contributed by atoms with Gasteiger partial charge in [-0.3, -0.25) is 0 Å². The summed E-state index contributed by atoms with van der Waals surface area (Å²) in [4.78, 5) is 13.6. The molecule has 20 heavy (non-hydrogen) atoms. The van der Waals surface area contributed by atoms with Crippen molar-refractivity contribution in [2.45, 2.75) is 38.7 Å². The molecular weight excluding hydrogens is 259 g/mol. The number of ether oxygens (including phenoxy) is 1. The van der Waals surface area contributed by atoms with E-state index in [0.717, 1.165) is 6.42 Å². The fourth-order valence-corrected chi connectivity index (χ4v) is 2.38. The molecule has 1 aromatic carbocycles. The van der Waals surface area contributed by atoms with Crippen LogP contribution in [0, 0.1) is 5.82 Å². The predicted octanol–water partition coefficient (Wildman–Crippen LogP) is 3.13. The number of hydrogen-bond acceptors (Lipinski definition) is 3. The monoisotopic (exact) mass is 280 g/mol. The highest BCUT2D eigenvalue weighted by Gasteiger charge is 2.31. The summed E-state index contributed by atoms with van der Waals surface area (Å²) >= 11 is 0. The van der Waals surface area contributed by atoms with Crippen molar-refractivity contribution in [2.75, 3.05) is 18.8 Å². The van der Waals surface area contributed by atoms with Gasteiger partial charge in [-0.1, -0.05) is 6.07 Å². The normalized spacial score (nSPS) is 19.2. The van der Waals surface area contributed by atoms with Gasteiger partial charge in [-0.05, 0) is 44.9 Å². The van der Waals surface area contributed by atoms with Crippen LogP contribution in [0.2, 0.25) is 0 Å². The summed E-state index contributed by atoms with van der Waals surface area (Å²) in [6, 6.07) is 4.72. The van der Waals surface area contributed by atoms with E-state index in [4.69, 9.17) is 10.5 Å². The number of nitrogens with zero attached hydrogens (tertiary/aromatic N) is 1. The lowest BCUT2D eigenvalue weighted by molar-refractivity contribution is 0.0292. The van der Waals surface area contributed by atoms with Crippen LogP contribution in [0.25, 0.3) is 0 Å². The molecule has 0 aromatic heterocycles. The molecule has 2 rings (SSSR count). The van der Waals surface area contributed by atoms with E-state index in [9.17, 15) is 9.18 Å². The predicted molar refractivity (Wildman–Crippen MR) is 76.0 cm³/mol. The molecule has 5 heteroatoms. The van der Waals surface area contributed by atoms with Crippen molar-refractivity contribution in [2.24, 2.45) is 0 Å². The topological polar surface area (TPSA) is 55.6 Å². The quantitative estimate of drug-likeness (QED) is 0.804. The molecule has 1 heterocycles. The number of rotatable bonds is 1. The zero-order chi connectivity index (χ0) is 14.9. The lowest BCUT2D eigenvalue weighted by Gasteiger charge is -2.24. The Balaban J connectivity index is 2.03. The fraction of sp³-hybridized carbons (Fsp3) is 0.533. The van der Waals surface area contributed by atoms with E-state index in [1.165, 1.54) is 6.07 Å². The molecule has 0 saturated carbocycles. The third kappa shape index (κ3) is 3.40. The van der Waals surface area contributed by atoms with Crippen LogP contribution in [0.15, 0.2) is 18.2 Å². The Morgan fingerprint density at radius 2 is 2.15 bits per heavy atom. The second kappa shape index (κ2) is 5.31. The van der Waals surface area contributed by atoms with Crippen molar-refractivity contribution in [1.82, 2.24) is 4.90 Å². The molecule has 1 unspecified atom stereocenters. The van der Waals surface area contributed by atoms with E-state index in [0.29, 0.717) is 24.3 Å². The zero-order valence-electron chi connectivity index (χ0n) is 12.1. The molecule has 1 aromatic rings. The van der Waals surface area contributed by atoms with E-state index in [2.05, 4.69) is 0 Å². The van der Waals surface area contributed by atoms with Crippen molar-refractivity contribution in [3.63, 3.8) is 0 Å². The van der Waals surface area contributed by atoms with Gasteiger partial charge in [-0.25, -0.2) is 9.18 Å². The fourth-order valence-electron chi connectivity index (χ4n) is 2.38. The van der Waals surface area contributed by atoms with E-state index in [1.807, 2.05) is 20.8 Å². The Kier molecular flexibility index (Phi) is 3.88. The van der Waals surface area contributed by atoms with Crippen LogP contribution in [-0.4, -0.2) is 29.7 Å². The molecule has 110 valence electrons. The second-order valence-corrected chi connectivity index (χ2v) is 6.19. The molecule has 1 saturated heterocycles. The van der Waals surface area contributed by atoms with Gasteiger partial charge in [0.25, 0.3) is 0 Å². The molecule has 1 fully saturated rings. The van der Waals surface area contributed by atoms with Crippen molar-refractivity contribution >= 4 is 11.8 Å². The summed E-state index contributed by atoms with van der Waals surface area (Å²) in [5, 5.41) is 0. The third-order valence-electron chi connectivity index (χ3n) is 3.30. The van der Waals surface area contributed by atoms with Crippen molar-refractivity contribution in [3.8, 4) is 0 Å². The molecule has 4 nitrogen and oxygen atoms in total. The Morgan fingerprint density at radius 1 is 1.45 bits per heavy atom. The van der Waals surface area contributed by atoms with Crippen molar-refractivity contribution in [1.29, 1.82) is 0 Å². The van der Waals surface area contributed by atoms with E-state index >= 15 is 0 Å². The maximum atomic E-state index is 13.9. The molecule has 1 amide bonds. The van der Waals surface area contributed by atoms with Crippen LogP contribution < -0.4 is 5.73 Å². The van der Waals surface area contributed by atoms with Crippen LogP contribution in [0.4, 0.5) is 14.9 Å². The Bertz CT molecular complexity index is 511. The number of likely N-dealkylation sites (tertiary alicyclic amines) is 1. The molecule has 1 atom stereocenters. The highest BCUT2D eigenvalue weighted by Crippen LogP contribution is 2.30. The number of halogens is 1. The van der Waals surface area contributed by atoms with E-state index in [1.54, 1.807) is 17.0 Å². The minimum Gasteiger partial charge on any atom is -0.444 e. The van der Waals surface area contributed by atoms with E-state index < -0.39 is 5.60 Å². The summed E-state index contributed by atoms with van der Waals surface area (Å²) in [5.41, 5.74) is 6.06. The van der Waals surface area contributed by atoms with E-state index in [-0.39, 0.29) is 17.8 Å². The van der Waals surface area contributed by atoms with Gasteiger partial charge in [0.1, 0.15) is 11.4 Å². The van der Waals surface area contributed by atoms with Crippen LogP contribution in [0.3, 0.4) is 0 Å². The minimum atomic E-state index is -0.512. The molecule has 0 bridgehead atoms. The first kappa shape index (κ1) is 14.6. The Labute approximate surface area is 118 Å². The summed E-state index contributed by atoms with van der Waals surface area (Å²) in [5.74, 6) is -0.302. The van der Waals surface area contributed by atoms with Gasteiger partial charge in [0.2, 0.25) is 0 Å². The second-order valence-electron chi connectivity index (χ2n) is 6.19. The Hall–Kier alpha value is -1.78. The first-order valence-electron chi connectivity index (χ1n) is 6.79. The molecule has 2 N–H and O–H groups in total. The minimum absolute atomic E-state index is 0.00289. The standard InChI is InChI=1S/C15H21FN2O2/c1-15(2,3)20-14(19)18-7-6-10(9-18)12-5-4-11(17)8-13(12)16/h4-5,8,10H,6-7,9,17H2,1-3H3. The highest BCUT2D eigenvalue weighted by atomic mass is 19.1. The number of amides is 1. The smallest absolute Gasteiger partial charge is 0.410 e. The van der Waals surface area contributed by atoms with Gasteiger partial charge in [-0.15, -0.1) is 0 Å². The molecule has 1 aliphatic heterocycles. The van der Waals surface area contributed by atoms with Gasteiger partial charge < -0.3 is 15.4 Å². The van der Waals surface area contributed by atoms with Gasteiger partial charge in [-0.2, -0.15) is 0 Å². The van der Waals surface area contributed by atoms with Crippen LogP contribution >= 0.6 is 0 Å². The molecular formula is C15H21FN2O2. The molecule has 0 radical (unpaired) electrons.